The number of benzene rings is 1. The monoisotopic (exact) mass is 382 g/mol. The van der Waals surface area contributed by atoms with Crippen molar-refractivity contribution in [3.05, 3.63) is 23.8 Å². The summed E-state index contributed by atoms with van der Waals surface area (Å²) in [5.74, 6) is -0.325. The minimum Gasteiger partial charge on any atom is -0.494 e. The first-order valence-corrected chi connectivity index (χ1v) is 10.4. The van der Waals surface area contributed by atoms with Gasteiger partial charge < -0.3 is 14.2 Å². The van der Waals surface area contributed by atoms with Crippen LogP contribution >= 0.6 is 0 Å². The predicted molar refractivity (Wildman–Crippen MR) is 101 cm³/mol. The van der Waals surface area contributed by atoms with Crippen molar-refractivity contribution >= 4 is 0 Å². The fourth-order valence-electron chi connectivity index (χ4n) is 4.55. The van der Waals surface area contributed by atoms with Gasteiger partial charge in [0.25, 0.3) is 0 Å². The van der Waals surface area contributed by atoms with E-state index >= 15 is 0 Å². The van der Waals surface area contributed by atoms with E-state index in [1.807, 2.05) is 0 Å². The molecule has 0 radical (unpaired) electrons. The zero-order valence-corrected chi connectivity index (χ0v) is 16.5. The second kappa shape index (κ2) is 9.72. The van der Waals surface area contributed by atoms with Crippen LogP contribution in [0.2, 0.25) is 0 Å². The highest BCUT2D eigenvalue weighted by molar-refractivity contribution is 5.34. The summed E-state index contributed by atoms with van der Waals surface area (Å²) >= 11 is 0. The van der Waals surface area contributed by atoms with Crippen molar-refractivity contribution in [3.63, 3.8) is 0 Å². The first-order valence-electron chi connectivity index (χ1n) is 10.4. The molecule has 27 heavy (non-hydrogen) atoms. The molecule has 0 aromatic heterocycles. The molecule has 2 atom stereocenters. The molecule has 1 aliphatic carbocycles. The summed E-state index contributed by atoms with van der Waals surface area (Å²) in [6, 6.07) is 2.84. The summed E-state index contributed by atoms with van der Waals surface area (Å²) in [6.07, 6.45) is 9.80. The summed E-state index contributed by atoms with van der Waals surface area (Å²) in [5, 5.41) is 0. The minimum atomic E-state index is -0.991. The van der Waals surface area contributed by atoms with E-state index in [1.165, 1.54) is 44.9 Å². The van der Waals surface area contributed by atoms with Crippen LogP contribution in [0.4, 0.5) is 8.78 Å². The molecule has 1 saturated carbocycles. The van der Waals surface area contributed by atoms with Crippen molar-refractivity contribution in [2.75, 3.05) is 20.3 Å². The van der Waals surface area contributed by atoms with Gasteiger partial charge in [-0.1, -0.05) is 13.3 Å². The van der Waals surface area contributed by atoms with Crippen LogP contribution in [0, 0.1) is 29.4 Å². The molecule has 1 aromatic carbocycles. The van der Waals surface area contributed by atoms with E-state index in [2.05, 4.69) is 6.92 Å². The molecule has 2 aliphatic rings. The van der Waals surface area contributed by atoms with Crippen molar-refractivity contribution in [2.45, 2.75) is 64.4 Å². The Kier molecular flexibility index (Phi) is 7.33. The molecule has 1 aliphatic heterocycles. The van der Waals surface area contributed by atoms with Gasteiger partial charge in [-0.2, -0.15) is 8.78 Å². The Bertz CT molecular complexity index is 591. The van der Waals surface area contributed by atoms with Gasteiger partial charge in [-0.05, 0) is 74.8 Å². The molecule has 3 nitrogen and oxygen atoms in total. The molecule has 0 bridgehead atoms. The molecule has 5 heteroatoms. The number of hydrogen-bond donors (Lipinski definition) is 0. The van der Waals surface area contributed by atoms with E-state index < -0.39 is 11.6 Å². The van der Waals surface area contributed by atoms with Crippen LogP contribution in [0.5, 0.6) is 11.5 Å². The number of hydrogen-bond acceptors (Lipinski definition) is 3. The van der Waals surface area contributed by atoms with Gasteiger partial charge in [-0.15, -0.1) is 0 Å². The van der Waals surface area contributed by atoms with Gasteiger partial charge in [-0.3, -0.25) is 0 Å². The maximum atomic E-state index is 14.0. The third-order valence-electron chi connectivity index (χ3n) is 6.23. The third-order valence-corrected chi connectivity index (χ3v) is 6.23. The van der Waals surface area contributed by atoms with Crippen LogP contribution < -0.4 is 9.47 Å². The Morgan fingerprint density at radius 2 is 1.63 bits per heavy atom. The molecular formula is C22H32F2O3. The molecule has 1 heterocycles. The number of halogens is 2. The molecule has 3 rings (SSSR count). The van der Waals surface area contributed by atoms with Crippen molar-refractivity contribution in [2.24, 2.45) is 17.8 Å². The fourth-order valence-corrected chi connectivity index (χ4v) is 4.55. The topological polar surface area (TPSA) is 27.7 Å². The molecule has 1 aromatic rings. The van der Waals surface area contributed by atoms with E-state index in [0.29, 0.717) is 24.5 Å². The third kappa shape index (κ3) is 5.13. The van der Waals surface area contributed by atoms with Gasteiger partial charge in [0.1, 0.15) is 0 Å². The molecule has 152 valence electrons. The maximum Gasteiger partial charge on any atom is 0.204 e. The van der Waals surface area contributed by atoms with Crippen molar-refractivity contribution in [3.8, 4) is 11.5 Å². The summed E-state index contributed by atoms with van der Waals surface area (Å²) in [5.41, 5.74) is 0. The average molecular weight is 382 g/mol. The van der Waals surface area contributed by atoms with Gasteiger partial charge in [0.15, 0.2) is 11.5 Å². The normalized spacial score (nSPS) is 28.7. The molecule has 0 spiro atoms. The molecule has 2 fully saturated rings. The van der Waals surface area contributed by atoms with Gasteiger partial charge in [0.2, 0.25) is 11.6 Å². The molecule has 1 saturated heterocycles. The van der Waals surface area contributed by atoms with E-state index in [-0.39, 0.29) is 11.5 Å². The van der Waals surface area contributed by atoms with Crippen LogP contribution in [0.3, 0.4) is 0 Å². The Morgan fingerprint density at radius 3 is 2.26 bits per heavy atom. The minimum absolute atomic E-state index is 0.0343. The lowest BCUT2D eigenvalue weighted by atomic mass is 9.77. The Hall–Kier alpha value is -1.36. The van der Waals surface area contributed by atoms with Gasteiger partial charge in [-0.25, -0.2) is 0 Å². The second-order valence-corrected chi connectivity index (χ2v) is 8.09. The van der Waals surface area contributed by atoms with Crippen LogP contribution in [0.1, 0.15) is 58.3 Å². The van der Waals surface area contributed by atoms with E-state index in [9.17, 15) is 8.78 Å². The molecule has 0 N–H and O–H groups in total. The average Bonchev–Trinajstić information content (AvgIpc) is 2.70. The molecule has 0 amide bonds. The molecular weight excluding hydrogens is 350 g/mol. The summed E-state index contributed by atoms with van der Waals surface area (Å²) in [4.78, 5) is 0. The Labute approximate surface area is 161 Å². The Morgan fingerprint density at radius 1 is 0.963 bits per heavy atom. The number of ether oxygens (including phenoxy) is 3. The summed E-state index contributed by atoms with van der Waals surface area (Å²) in [6.45, 7) is 3.59. The second-order valence-electron chi connectivity index (χ2n) is 8.09. The van der Waals surface area contributed by atoms with Gasteiger partial charge in [0, 0.05) is 6.61 Å². The fraction of sp³-hybridized carbons (Fsp3) is 0.727. The van der Waals surface area contributed by atoms with Crippen LogP contribution in [0.15, 0.2) is 12.1 Å². The number of methoxy groups -OCH3 is 1. The summed E-state index contributed by atoms with van der Waals surface area (Å²) in [7, 11) is 1.32. The van der Waals surface area contributed by atoms with Crippen LogP contribution in [-0.4, -0.2) is 26.4 Å². The zero-order valence-electron chi connectivity index (χ0n) is 16.5. The van der Waals surface area contributed by atoms with E-state index in [1.54, 1.807) is 0 Å². The SMILES string of the molecule is CCCC1CCC(C2CCC(COc3ccc(OC)c(F)c3F)CC2)OC1. The van der Waals surface area contributed by atoms with Gasteiger partial charge >= 0.3 is 0 Å². The lowest BCUT2D eigenvalue weighted by Gasteiger charge is -2.37. The van der Waals surface area contributed by atoms with Crippen LogP contribution in [0.25, 0.3) is 0 Å². The number of rotatable bonds is 7. The maximum absolute atomic E-state index is 14.0. The summed E-state index contributed by atoms with van der Waals surface area (Å²) < 4.78 is 44.3. The largest absolute Gasteiger partial charge is 0.494 e. The van der Waals surface area contributed by atoms with Crippen molar-refractivity contribution in [1.29, 1.82) is 0 Å². The van der Waals surface area contributed by atoms with Crippen molar-refractivity contribution < 1.29 is 23.0 Å². The Balaban J connectivity index is 1.42. The van der Waals surface area contributed by atoms with Gasteiger partial charge in [0.05, 0.1) is 19.8 Å². The predicted octanol–water partition coefficient (Wildman–Crippen LogP) is 5.75. The lowest BCUT2D eigenvalue weighted by molar-refractivity contribution is -0.0605. The quantitative estimate of drug-likeness (QED) is 0.601. The van der Waals surface area contributed by atoms with E-state index in [4.69, 9.17) is 14.2 Å². The zero-order chi connectivity index (χ0) is 19.2. The first-order chi connectivity index (χ1) is 13.1. The smallest absolute Gasteiger partial charge is 0.204 e. The highest BCUT2D eigenvalue weighted by Gasteiger charge is 2.31. The lowest BCUT2D eigenvalue weighted by Crippen LogP contribution is -2.34. The van der Waals surface area contributed by atoms with E-state index in [0.717, 1.165) is 38.2 Å². The highest BCUT2D eigenvalue weighted by atomic mass is 19.2. The van der Waals surface area contributed by atoms with Crippen LogP contribution in [-0.2, 0) is 4.74 Å². The highest BCUT2D eigenvalue weighted by Crippen LogP contribution is 2.37. The standard InChI is InChI=1S/C22H32F2O3/c1-3-4-15-7-10-18(26-13-15)17-8-5-16(6-9-17)14-27-20-12-11-19(25-2)21(23)22(20)24/h11-12,15-18H,3-10,13-14H2,1-2H3. The molecule has 2 unspecified atom stereocenters. The van der Waals surface area contributed by atoms with Crippen molar-refractivity contribution in [1.82, 2.24) is 0 Å². The first kappa shape index (κ1) is 20.4.